The molecule has 152 valence electrons. The molecule has 6 nitrogen and oxygen atoms in total. The molecule has 1 amide bonds. The predicted octanol–water partition coefficient (Wildman–Crippen LogP) is 4.75. The number of benzene rings is 1. The highest BCUT2D eigenvalue weighted by Crippen LogP contribution is 2.33. The first-order chi connectivity index (χ1) is 12.9. The second-order valence-corrected chi connectivity index (χ2v) is 8.39. The number of hydrogen-bond acceptors (Lipinski definition) is 5. The van der Waals surface area contributed by atoms with Crippen LogP contribution in [0, 0.1) is 0 Å². The SMILES string of the molecule is CC(C)n1ccc(C(=O)N(CCCN(C)C)c2nc3c(Cl)cccc3s2)n1.Cl. The van der Waals surface area contributed by atoms with Crippen LogP contribution in [0.5, 0.6) is 0 Å². The zero-order valence-corrected chi connectivity index (χ0v) is 18.8. The molecule has 0 aliphatic carbocycles. The molecule has 0 unspecified atom stereocenters. The third-order valence-electron chi connectivity index (χ3n) is 4.18. The summed E-state index contributed by atoms with van der Waals surface area (Å²) in [7, 11) is 4.04. The highest BCUT2D eigenvalue weighted by molar-refractivity contribution is 7.22. The van der Waals surface area contributed by atoms with Crippen molar-refractivity contribution in [1.29, 1.82) is 0 Å². The molecule has 0 spiro atoms. The Bertz CT molecular complexity index is 937. The topological polar surface area (TPSA) is 54.3 Å². The van der Waals surface area contributed by atoms with Gasteiger partial charge in [-0.3, -0.25) is 14.4 Å². The van der Waals surface area contributed by atoms with Gasteiger partial charge in [0, 0.05) is 18.8 Å². The van der Waals surface area contributed by atoms with Crippen LogP contribution >= 0.6 is 35.3 Å². The molecule has 0 aliphatic heterocycles. The van der Waals surface area contributed by atoms with E-state index in [-0.39, 0.29) is 24.4 Å². The summed E-state index contributed by atoms with van der Waals surface area (Å²) in [6.45, 7) is 5.52. The van der Waals surface area contributed by atoms with E-state index >= 15 is 0 Å². The van der Waals surface area contributed by atoms with Crippen LogP contribution in [0.4, 0.5) is 5.13 Å². The average Bonchev–Trinajstić information content (AvgIpc) is 3.25. The number of fused-ring (bicyclic) bond motifs is 1. The first-order valence-electron chi connectivity index (χ1n) is 8.93. The molecule has 0 N–H and O–H groups in total. The van der Waals surface area contributed by atoms with Crippen LogP contribution in [0.15, 0.2) is 30.5 Å². The molecule has 2 aromatic heterocycles. The number of nitrogens with zero attached hydrogens (tertiary/aromatic N) is 5. The molecule has 0 bridgehead atoms. The number of carbonyl (C=O) groups is 1. The zero-order valence-electron chi connectivity index (χ0n) is 16.4. The maximum absolute atomic E-state index is 13.2. The van der Waals surface area contributed by atoms with Gasteiger partial charge in [0.25, 0.3) is 5.91 Å². The molecular formula is C19H25Cl2N5OS. The first-order valence-corrected chi connectivity index (χ1v) is 10.1. The minimum atomic E-state index is -0.136. The number of para-hydroxylation sites is 1. The first kappa shape index (κ1) is 22.6. The van der Waals surface area contributed by atoms with E-state index in [4.69, 9.17) is 11.6 Å². The van der Waals surface area contributed by atoms with Crippen molar-refractivity contribution in [1.82, 2.24) is 19.7 Å². The standard InChI is InChI=1S/C19H24ClN5OS.ClH/c1-13(2)25-12-9-15(22-25)18(26)24(11-6-10-23(3)4)19-21-17-14(20)7-5-8-16(17)27-19;/h5,7-9,12-13H,6,10-11H2,1-4H3;1H. The molecule has 28 heavy (non-hydrogen) atoms. The molecule has 0 fully saturated rings. The number of thiazole rings is 1. The van der Waals surface area contributed by atoms with Crippen molar-refractivity contribution >= 4 is 56.6 Å². The van der Waals surface area contributed by atoms with Gasteiger partial charge in [0.1, 0.15) is 5.52 Å². The summed E-state index contributed by atoms with van der Waals surface area (Å²) in [6.07, 6.45) is 2.68. The lowest BCUT2D eigenvalue weighted by Crippen LogP contribution is -2.33. The summed E-state index contributed by atoms with van der Waals surface area (Å²) in [6, 6.07) is 7.65. The van der Waals surface area contributed by atoms with Crippen molar-refractivity contribution < 1.29 is 4.79 Å². The summed E-state index contributed by atoms with van der Waals surface area (Å²) in [4.78, 5) is 21.7. The second kappa shape index (κ2) is 9.69. The fourth-order valence-corrected chi connectivity index (χ4v) is 4.02. The molecule has 9 heteroatoms. The van der Waals surface area contributed by atoms with E-state index < -0.39 is 0 Å². The lowest BCUT2D eigenvalue weighted by Gasteiger charge is -2.20. The normalized spacial score (nSPS) is 11.2. The Morgan fingerprint density at radius 2 is 2.00 bits per heavy atom. The van der Waals surface area contributed by atoms with Gasteiger partial charge >= 0.3 is 0 Å². The van der Waals surface area contributed by atoms with Gasteiger partial charge in [-0.25, -0.2) is 4.98 Å². The fraction of sp³-hybridized carbons (Fsp3) is 0.421. The van der Waals surface area contributed by atoms with Gasteiger partial charge in [-0.1, -0.05) is 29.0 Å². The lowest BCUT2D eigenvalue weighted by molar-refractivity contribution is 0.0980. The molecular weight excluding hydrogens is 417 g/mol. The number of hydrogen-bond donors (Lipinski definition) is 0. The number of carbonyl (C=O) groups excluding carboxylic acids is 1. The molecule has 3 rings (SSSR count). The summed E-state index contributed by atoms with van der Waals surface area (Å²) < 4.78 is 2.76. The highest BCUT2D eigenvalue weighted by atomic mass is 35.5. The largest absolute Gasteiger partial charge is 0.309 e. The van der Waals surface area contributed by atoms with Gasteiger partial charge < -0.3 is 4.90 Å². The Balaban J connectivity index is 0.00000280. The lowest BCUT2D eigenvalue weighted by atomic mass is 10.3. The van der Waals surface area contributed by atoms with Crippen molar-refractivity contribution in [2.75, 3.05) is 32.1 Å². The molecule has 1 aromatic carbocycles. The third-order valence-corrected chi connectivity index (χ3v) is 5.53. The fourth-order valence-electron chi connectivity index (χ4n) is 2.73. The van der Waals surface area contributed by atoms with E-state index in [1.807, 2.05) is 52.3 Å². The molecule has 0 aliphatic rings. The quantitative estimate of drug-likeness (QED) is 0.530. The van der Waals surface area contributed by atoms with Crippen LogP contribution in [-0.2, 0) is 0 Å². The number of amides is 1. The molecule has 0 saturated carbocycles. The van der Waals surface area contributed by atoms with Crippen molar-refractivity contribution in [2.24, 2.45) is 0 Å². The van der Waals surface area contributed by atoms with Crippen LogP contribution in [0.2, 0.25) is 5.02 Å². The van der Waals surface area contributed by atoms with Crippen LogP contribution in [0.3, 0.4) is 0 Å². The maximum Gasteiger partial charge on any atom is 0.280 e. The molecule has 0 saturated heterocycles. The van der Waals surface area contributed by atoms with Gasteiger partial charge in [-0.15, -0.1) is 12.4 Å². The Morgan fingerprint density at radius 3 is 2.61 bits per heavy atom. The average molecular weight is 442 g/mol. The zero-order chi connectivity index (χ0) is 19.6. The van der Waals surface area contributed by atoms with Crippen LogP contribution in [0.25, 0.3) is 10.2 Å². The van der Waals surface area contributed by atoms with Gasteiger partial charge in [-0.05, 0) is 59.1 Å². The third kappa shape index (κ3) is 5.03. The minimum absolute atomic E-state index is 0. The second-order valence-electron chi connectivity index (χ2n) is 6.97. The summed E-state index contributed by atoms with van der Waals surface area (Å²) in [5.41, 5.74) is 1.16. The van der Waals surface area contributed by atoms with E-state index in [2.05, 4.69) is 15.0 Å². The number of halogens is 2. The van der Waals surface area contributed by atoms with Gasteiger partial charge in [0.2, 0.25) is 0 Å². The van der Waals surface area contributed by atoms with Gasteiger partial charge in [0.05, 0.1) is 9.72 Å². The van der Waals surface area contributed by atoms with Crippen molar-refractivity contribution in [3.63, 3.8) is 0 Å². The van der Waals surface area contributed by atoms with E-state index in [1.165, 1.54) is 11.3 Å². The Kier molecular flexibility index (Phi) is 7.83. The Morgan fingerprint density at radius 1 is 1.25 bits per heavy atom. The predicted molar refractivity (Wildman–Crippen MR) is 119 cm³/mol. The van der Waals surface area contributed by atoms with Gasteiger partial charge in [-0.2, -0.15) is 5.10 Å². The Labute approximate surface area is 180 Å². The monoisotopic (exact) mass is 441 g/mol. The number of aromatic nitrogens is 3. The minimum Gasteiger partial charge on any atom is -0.309 e. The van der Waals surface area contributed by atoms with E-state index in [0.717, 1.165) is 23.2 Å². The Hall–Kier alpha value is -1.67. The molecule has 0 radical (unpaired) electrons. The molecule has 2 heterocycles. The number of rotatable bonds is 7. The summed E-state index contributed by atoms with van der Waals surface area (Å²) in [5.74, 6) is -0.136. The molecule has 0 atom stereocenters. The highest BCUT2D eigenvalue weighted by Gasteiger charge is 2.23. The van der Waals surface area contributed by atoms with Crippen LogP contribution in [-0.4, -0.2) is 52.8 Å². The van der Waals surface area contributed by atoms with Crippen LogP contribution < -0.4 is 4.90 Å². The van der Waals surface area contributed by atoms with Crippen molar-refractivity contribution in [3.8, 4) is 0 Å². The van der Waals surface area contributed by atoms with Crippen molar-refractivity contribution in [2.45, 2.75) is 26.3 Å². The van der Waals surface area contributed by atoms with E-state index in [9.17, 15) is 4.79 Å². The number of anilines is 1. The van der Waals surface area contributed by atoms with E-state index in [0.29, 0.717) is 22.4 Å². The van der Waals surface area contributed by atoms with Crippen molar-refractivity contribution in [3.05, 3.63) is 41.2 Å². The summed E-state index contributed by atoms with van der Waals surface area (Å²) >= 11 is 7.75. The smallest absolute Gasteiger partial charge is 0.280 e. The van der Waals surface area contributed by atoms with E-state index in [1.54, 1.807) is 15.6 Å². The maximum atomic E-state index is 13.2. The van der Waals surface area contributed by atoms with Crippen LogP contribution in [0.1, 0.15) is 36.8 Å². The van der Waals surface area contributed by atoms with Gasteiger partial charge in [0.15, 0.2) is 10.8 Å². The molecule has 3 aromatic rings. The summed E-state index contributed by atoms with van der Waals surface area (Å²) in [5, 5.41) is 5.69.